The van der Waals surface area contributed by atoms with E-state index in [9.17, 15) is 9.59 Å². The van der Waals surface area contributed by atoms with Crippen LogP contribution in [0.2, 0.25) is 0 Å². The number of nitrogens with one attached hydrogen (secondary N) is 1. The number of carbonyl (C=O) groups is 2. The zero-order valence-corrected chi connectivity index (χ0v) is 11.9. The quantitative estimate of drug-likeness (QED) is 0.705. The number of rotatable bonds is 5. The second kappa shape index (κ2) is 5.85. The van der Waals surface area contributed by atoms with Crippen LogP contribution >= 0.6 is 0 Å². The lowest BCUT2D eigenvalue weighted by atomic mass is 9.98. The number of hydrogen-bond acceptors (Lipinski definition) is 2. The van der Waals surface area contributed by atoms with Gasteiger partial charge in [-0.15, -0.1) is 0 Å². The lowest BCUT2D eigenvalue weighted by Crippen LogP contribution is -1.99. The number of benzene rings is 2. The summed E-state index contributed by atoms with van der Waals surface area (Å²) < 4.78 is 0. The lowest BCUT2D eigenvalue weighted by Gasteiger charge is -2.05. The summed E-state index contributed by atoms with van der Waals surface area (Å²) >= 11 is 0. The summed E-state index contributed by atoms with van der Waals surface area (Å²) in [4.78, 5) is 25.6. The smallest absolute Gasteiger partial charge is 0.303 e. The van der Waals surface area contributed by atoms with Crippen LogP contribution in [0.25, 0.3) is 22.2 Å². The van der Waals surface area contributed by atoms with E-state index in [1.54, 1.807) is 6.07 Å². The van der Waals surface area contributed by atoms with E-state index in [2.05, 4.69) is 4.98 Å². The molecule has 0 saturated carbocycles. The molecule has 0 unspecified atom stereocenters. The molecule has 0 bridgehead atoms. The van der Waals surface area contributed by atoms with Crippen LogP contribution in [0.1, 0.15) is 22.3 Å². The van der Waals surface area contributed by atoms with Crippen molar-refractivity contribution in [3.05, 3.63) is 59.7 Å². The molecule has 1 aromatic heterocycles. The minimum atomic E-state index is -0.850. The van der Waals surface area contributed by atoms with Gasteiger partial charge in [0.25, 0.3) is 0 Å². The Hall–Kier alpha value is -2.88. The molecule has 0 atom stereocenters. The number of aryl methyl sites for hydroxylation is 1. The minimum Gasteiger partial charge on any atom is -0.481 e. The molecule has 3 rings (SSSR count). The zero-order chi connectivity index (χ0) is 15.5. The fourth-order valence-electron chi connectivity index (χ4n) is 2.78. The first-order valence-corrected chi connectivity index (χ1v) is 7.06. The Labute approximate surface area is 127 Å². The molecule has 3 aromatic rings. The van der Waals surface area contributed by atoms with Crippen molar-refractivity contribution >= 4 is 23.2 Å². The molecule has 0 amide bonds. The summed E-state index contributed by atoms with van der Waals surface area (Å²) in [5, 5.41) is 9.81. The first kappa shape index (κ1) is 14.1. The van der Waals surface area contributed by atoms with Crippen LogP contribution in [0.3, 0.4) is 0 Å². The van der Waals surface area contributed by atoms with Crippen molar-refractivity contribution in [1.82, 2.24) is 4.98 Å². The molecule has 4 heteroatoms. The number of aromatic amines is 1. The van der Waals surface area contributed by atoms with Gasteiger partial charge >= 0.3 is 5.97 Å². The van der Waals surface area contributed by atoms with E-state index in [0.717, 1.165) is 34.0 Å². The number of aromatic nitrogens is 1. The van der Waals surface area contributed by atoms with Gasteiger partial charge in [0.15, 0.2) is 6.29 Å². The van der Waals surface area contributed by atoms with Crippen molar-refractivity contribution in [2.75, 3.05) is 0 Å². The number of aldehydes is 1. The number of carboxylic acid groups (broad SMARTS) is 1. The molecule has 0 saturated heterocycles. The molecule has 2 N–H and O–H groups in total. The highest BCUT2D eigenvalue weighted by Crippen LogP contribution is 2.32. The van der Waals surface area contributed by atoms with Crippen LogP contribution in [0.15, 0.2) is 48.5 Å². The number of carboxylic acids is 1. The molecule has 0 radical (unpaired) electrons. The number of aliphatic carboxylic acids is 1. The summed E-state index contributed by atoms with van der Waals surface area (Å²) in [5.41, 5.74) is 4.17. The molecule has 4 nitrogen and oxygen atoms in total. The van der Waals surface area contributed by atoms with Gasteiger partial charge in [-0.2, -0.15) is 0 Å². The highest BCUT2D eigenvalue weighted by atomic mass is 16.4. The third-order valence-corrected chi connectivity index (χ3v) is 3.74. The maximum absolute atomic E-state index is 11.3. The molecule has 1 heterocycles. The molecule has 0 aliphatic carbocycles. The van der Waals surface area contributed by atoms with Crippen LogP contribution in [0, 0.1) is 0 Å². The Morgan fingerprint density at radius 1 is 1.09 bits per heavy atom. The van der Waals surface area contributed by atoms with Crippen molar-refractivity contribution in [3.8, 4) is 11.3 Å². The molecule has 110 valence electrons. The van der Waals surface area contributed by atoms with Crippen LogP contribution in [0.4, 0.5) is 0 Å². The van der Waals surface area contributed by atoms with Crippen LogP contribution in [-0.2, 0) is 11.2 Å². The van der Waals surface area contributed by atoms with Gasteiger partial charge in [0.2, 0.25) is 0 Å². The van der Waals surface area contributed by atoms with E-state index in [1.807, 2.05) is 42.5 Å². The van der Waals surface area contributed by atoms with Gasteiger partial charge in [0, 0.05) is 28.6 Å². The van der Waals surface area contributed by atoms with Gasteiger partial charge in [-0.3, -0.25) is 9.59 Å². The fourth-order valence-corrected chi connectivity index (χ4v) is 2.78. The van der Waals surface area contributed by atoms with E-state index in [4.69, 9.17) is 5.11 Å². The Balaban J connectivity index is 2.24. The summed E-state index contributed by atoms with van der Waals surface area (Å²) in [7, 11) is 0. The summed E-state index contributed by atoms with van der Waals surface area (Å²) in [6.45, 7) is 0. The van der Waals surface area contributed by atoms with Gasteiger partial charge in [0.05, 0.1) is 0 Å². The van der Waals surface area contributed by atoms with E-state index < -0.39 is 5.97 Å². The van der Waals surface area contributed by atoms with Gasteiger partial charge in [-0.25, -0.2) is 0 Å². The zero-order valence-electron chi connectivity index (χ0n) is 11.9. The first-order chi connectivity index (χ1) is 10.7. The molecule has 22 heavy (non-hydrogen) atoms. The predicted molar refractivity (Wildman–Crippen MR) is 85.1 cm³/mol. The minimum absolute atomic E-state index is 0.0278. The van der Waals surface area contributed by atoms with Gasteiger partial charge in [0.1, 0.15) is 0 Å². The summed E-state index contributed by atoms with van der Waals surface area (Å²) in [5.74, 6) is -0.850. The Morgan fingerprint density at radius 2 is 1.86 bits per heavy atom. The summed E-state index contributed by atoms with van der Waals surface area (Å²) in [6, 6.07) is 15.2. The van der Waals surface area contributed by atoms with Crippen molar-refractivity contribution in [3.63, 3.8) is 0 Å². The van der Waals surface area contributed by atoms with Crippen molar-refractivity contribution < 1.29 is 14.7 Å². The topological polar surface area (TPSA) is 70.2 Å². The fraction of sp³-hybridized carbons (Fsp3) is 0.111. The molecule has 0 fully saturated rings. The van der Waals surface area contributed by atoms with E-state index in [0.29, 0.717) is 12.0 Å². The summed E-state index contributed by atoms with van der Waals surface area (Å²) in [6.07, 6.45) is 1.22. The lowest BCUT2D eigenvalue weighted by molar-refractivity contribution is -0.136. The van der Waals surface area contributed by atoms with Gasteiger partial charge < -0.3 is 10.1 Å². The second-order valence-corrected chi connectivity index (χ2v) is 5.13. The molecular formula is C18H15NO3. The van der Waals surface area contributed by atoms with E-state index in [1.165, 1.54) is 0 Å². The first-order valence-electron chi connectivity index (χ1n) is 7.06. The average Bonchev–Trinajstić information content (AvgIpc) is 2.92. The second-order valence-electron chi connectivity index (χ2n) is 5.13. The van der Waals surface area contributed by atoms with E-state index >= 15 is 0 Å². The Morgan fingerprint density at radius 3 is 2.55 bits per heavy atom. The Bertz CT molecular complexity index is 834. The number of H-pyrrole nitrogens is 1. The van der Waals surface area contributed by atoms with Crippen molar-refractivity contribution in [2.45, 2.75) is 12.8 Å². The molecule has 2 aromatic carbocycles. The van der Waals surface area contributed by atoms with Crippen molar-refractivity contribution in [2.24, 2.45) is 0 Å². The van der Waals surface area contributed by atoms with Crippen LogP contribution in [0.5, 0.6) is 0 Å². The molecule has 0 aliphatic rings. The SMILES string of the molecule is O=Cc1cccc2[nH]c(-c3ccccc3)c(CCC(=O)O)c12. The molecular weight excluding hydrogens is 278 g/mol. The highest BCUT2D eigenvalue weighted by Gasteiger charge is 2.16. The molecule has 0 spiro atoms. The molecule has 0 aliphatic heterocycles. The third kappa shape index (κ3) is 2.51. The Kier molecular flexibility index (Phi) is 3.74. The van der Waals surface area contributed by atoms with Crippen molar-refractivity contribution in [1.29, 1.82) is 0 Å². The standard InChI is InChI=1S/C18H15NO3/c20-11-13-7-4-8-15-17(13)14(9-10-16(21)22)18(19-15)12-5-2-1-3-6-12/h1-8,11,19H,9-10H2,(H,21,22). The normalized spacial score (nSPS) is 10.7. The third-order valence-electron chi connectivity index (χ3n) is 3.74. The van der Waals surface area contributed by atoms with Crippen LogP contribution in [-0.4, -0.2) is 22.3 Å². The maximum Gasteiger partial charge on any atom is 0.303 e. The van der Waals surface area contributed by atoms with Gasteiger partial charge in [-0.1, -0.05) is 42.5 Å². The van der Waals surface area contributed by atoms with Gasteiger partial charge in [-0.05, 0) is 23.6 Å². The average molecular weight is 293 g/mol. The van der Waals surface area contributed by atoms with Crippen LogP contribution < -0.4 is 0 Å². The van der Waals surface area contributed by atoms with E-state index in [-0.39, 0.29) is 6.42 Å². The number of carbonyl (C=O) groups excluding carboxylic acids is 1. The highest BCUT2D eigenvalue weighted by molar-refractivity contribution is 6.02. The number of fused-ring (bicyclic) bond motifs is 1. The predicted octanol–water partition coefficient (Wildman–Crippen LogP) is 3.66. The monoisotopic (exact) mass is 293 g/mol. The maximum atomic E-state index is 11.3. The largest absolute Gasteiger partial charge is 0.481 e. The number of hydrogen-bond donors (Lipinski definition) is 2.